The van der Waals surface area contributed by atoms with Gasteiger partial charge in [-0.15, -0.1) is 0 Å². The number of aliphatic hydroxyl groups is 1. The van der Waals surface area contributed by atoms with Crippen LogP contribution in [0.5, 0.6) is 0 Å². The van der Waals surface area contributed by atoms with Crippen molar-refractivity contribution in [1.29, 1.82) is 0 Å². The molecule has 14 heavy (non-hydrogen) atoms. The largest absolute Gasteiger partial charge is 0.478 e. The lowest BCUT2D eigenvalue weighted by Crippen LogP contribution is -2.27. The van der Waals surface area contributed by atoms with E-state index in [4.69, 9.17) is 10.2 Å². The van der Waals surface area contributed by atoms with Gasteiger partial charge in [-0.3, -0.25) is 4.90 Å². The number of carbonyl (C=O) groups is 1. The molecule has 0 atom stereocenters. The molecule has 0 aromatic rings. The second kappa shape index (κ2) is 7.53. The van der Waals surface area contributed by atoms with Crippen LogP contribution in [-0.2, 0) is 4.79 Å². The van der Waals surface area contributed by atoms with Crippen LogP contribution in [0, 0.1) is 0 Å². The van der Waals surface area contributed by atoms with E-state index in [0.29, 0.717) is 25.1 Å². The van der Waals surface area contributed by atoms with Crippen molar-refractivity contribution in [2.75, 3.05) is 26.2 Å². The summed E-state index contributed by atoms with van der Waals surface area (Å²) in [4.78, 5) is 12.6. The SMILES string of the molecule is CCC(=CCN(CC)CCO)C(=O)O. The normalized spacial score (nSPS) is 12.1. The first-order valence-corrected chi connectivity index (χ1v) is 4.91. The fourth-order valence-corrected chi connectivity index (χ4v) is 1.14. The Balaban J connectivity index is 4.13. The van der Waals surface area contributed by atoms with Crippen LogP contribution in [-0.4, -0.2) is 47.3 Å². The van der Waals surface area contributed by atoms with Crippen molar-refractivity contribution < 1.29 is 15.0 Å². The van der Waals surface area contributed by atoms with Gasteiger partial charge in [-0.1, -0.05) is 19.9 Å². The van der Waals surface area contributed by atoms with Gasteiger partial charge in [0.1, 0.15) is 0 Å². The van der Waals surface area contributed by atoms with Gasteiger partial charge in [-0.05, 0) is 13.0 Å². The van der Waals surface area contributed by atoms with Crippen molar-refractivity contribution in [2.45, 2.75) is 20.3 Å². The molecule has 0 spiro atoms. The highest BCUT2D eigenvalue weighted by molar-refractivity contribution is 5.86. The lowest BCUT2D eigenvalue weighted by Gasteiger charge is -2.16. The average Bonchev–Trinajstić information content (AvgIpc) is 2.16. The third-order valence-electron chi connectivity index (χ3n) is 2.11. The Morgan fingerprint density at radius 3 is 2.43 bits per heavy atom. The number of carboxylic acid groups (broad SMARTS) is 1. The predicted molar refractivity (Wildman–Crippen MR) is 55.2 cm³/mol. The summed E-state index contributed by atoms with van der Waals surface area (Å²) >= 11 is 0. The maximum atomic E-state index is 10.7. The van der Waals surface area contributed by atoms with E-state index in [1.165, 1.54) is 0 Å². The summed E-state index contributed by atoms with van der Waals surface area (Å²) in [7, 11) is 0. The van der Waals surface area contributed by atoms with E-state index in [9.17, 15) is 4.79 Å². The number of nitrogens with zero attached hydrogens (tertiary/aromatic N) is 1. The molecule has 0 aliphatic carbocycles. The van der Waals surface area contributed by atoms with E-state index in [-0.39, 0.29) is 6.61 Å². The van der Waals surface area contributed by atoms with Crippen LogP contribution in [0.4, 0.5) is 0 Å². The molecular formula is C10H19NO3. The van der Waals surface area contributed by atoms with Gasteiger partial charge in [0.25, 0.3) is 0 Å². The van der Waals surface area contributed by atoms with Gasteiger partial charge in [0.2, 0.25) is 0 Å². The highest BCUT2D eigenvalue weighted by Gasteiger charge is 2.05. The third kappa shape index (κ3) is 4.99. The van der Waals surface area contributed by atoms with Crippen LogP contribution in [0.3, 0.4) is 0 Å². The number of hydrogen-bond donors (Lipinski definition) is 2. The molecule has 0 aliphatic heterocycles. The summed E-state index contributed by atoms with van der Waals surface area (Å²) in [5.41, 5.74) is 0.432. The van der Waals surface area contributed by atoms with Gasteiger partial charge in [-0.25, -0.2) is 4.79 Å². The first-order chi connectivity index (χ1) is 6.65. The van der Waals surface area contributed by atoms with Gasteiger partial charge in [-0.2, -0.15) is 0 Å². The van der Waals surface area contributed by atoms with E-state index in [0.717, 1.165) is 6.54 Å². The number of hydrogen-bond acceptors (Lipinski definition) is 3. The second-order valence-electron chi connectivity index (χ2n) is 3.00. The minimum atomic E-state index is -0.854. The number of likely N-dealkylation sites (N-methyl/N-ethyl adjacent to an activating group) is 1. The zero-order chi connectivity index (χ0) is 11.0. The molecule has 82 valence electrons. The fourth-order valence-electron chi connectivity index (χ4n) is 1.14. The Hall–Kier alpha value is -0.870. The molecule has 0 fully saturated rings. The monoisotopic (exact) mass is 201 g/mol. The van der Waals surface area contributed by atoms with Crippen LogP contribution in [0.25, 0.3) is 0 Å². The Kier molecular flexibility index (Phi) is 7.06. The first-order valence-electron chi connectivity index (χ1n) is 4.91. The summed E-state index contributed by atoms with van der Waals surface area (Å²) in [5.74, 6) is -0.854. The van der Waals surface area contributed by atoms with Crippen molar-refractivity contribution in [3.8, 4) is 0 Å². The molecule has 0 rings (SSSR count). The van der Waals surface area contributed by atoms with Crippen molar-refractivity contribution in [3.05, 3.63) is 11.6 Å². The van der Waals surface area contributed by atoms with Crippen LogP contribution < -0.4 is 0 Å². The third-order valence-corrected chi connectivity index (χ3v) is 2.11. The highest BCUT2D eigenvalue weighted by Crippen LogP contribution is 2.01. The minimum absolute atomic E-state index is 0.107. The smallest absolute Gasteiger partial charge is 0.331 e. The van der Waals surface area contributed by atoms with Crippen molar-refractivity contribution in [3.63, 3.8) is 0 Å². The number of aliphatic carboxylic acids is 1. The lowest BCUT2D eigenvalue weighted by molar-refractivity contribution is -0.132. The Labute approximate surface area is 84.8 Å². The second-order valence-corrected chi connectivity index (χ2v) is 3.00. The fraction of sp³-hybridized carbons (Fsp3) is 0.700. The molecular weight excluding hydrogens is 182 g/mol. The van der Waals surface area contributed by atoms with Gasteiger partial charge in [0, 0.05) is 18.7 Å². The average molecular weight is 201 g/mol. The van der Waals surface area contributed by atoms with Crippen molar-refractivity contribution >= 4 is 5.97 Å². The summed E-state index contributed by atoms with van der Waals surface area (Å²) < 4.78 is 0. The van der Waals surface area contributed by atoms with Crippen LogP contribution >= 0.6 is 0 Å². The van der Waals surface area contributed by atoms with Gasteiger partial charge in [0.05, 0.1) is 6.61 Å². The molecule has 0 saturated carbocycles. The van der Waals surface area contributed by atoms with Gasteiger partial charge < -0.3 is 10.2 Å². The molecule has 0 aromatic heterocycles. The molecule has 0 amide bonds. The minimum Gasteiger partial charge on any atom is -0.478 e. The number of carboxylic acids is 1. The number of rotatable bonds is 7. The molecule has 4 heteroatoms. The van der Waals surface area contributed by atoms with E-state index in [1.54, 1.807) is 6.08 Å². The highest BCUT2D eigenvalue weighted by atomic mass is 16.4. The van der Waals surface area contributed by atoms with E-state index >= 15 is 0 Å². The van der Waals surface area contributed by atoms with Crippen molar-refractivity contribution in [1.82, 2.24) is 4.90 Å². The Morgan fingerprint density at radius 1 is 1.43 bits per heavy atom. The Morgan fingerprint density at radius 2 is 2.07 bits per heavy atom. The molecule has 0 aromatic carbocycles. The summed E-state index contributed by atoms with van der Waals surface area (Å²) in [5, 5.41) is 17.5. The van der Waals surface area contributed by atoms with E-state index in [1.807, 2.05) is 18.7 Å². The summed E-state index contributed by atoms with van der Waals surface area (Å²) in [6.45, 7) is 5.90. The van der Waals surface area contributed by atoms with E-state index < -0.39 is 5.97 Å². The molecule has 0 saturated heterocycles. The quantitative estimate of drug-likeness (QED) is 0.596. The van der Waals surface area contributed by atoms with Crippen LogP contribution in [0.15, 0.2) is 11.6 Å². The molecule has 2 N–H and O–H groups in total. The zero-order valence-electron chi connectivity index (χ0n) is 8.86. The molecule has 0 unspecified atom stereocenters. The molecule has 0 radical (unpaired) electrons. The zero-order valence-corrected chi connectivity index (χ0v) is 8.86. The van der Waals surface area contributed by atoms with Gasteiger partial charge in [0.15, 0.2) is 0 Å². The standard InChI is InChI=1S/C10H19NO3/c1-3-9(10(13)14)5-6-11(4-2)7-8-12/h5,12H,3-4,6-8H2,1-2H3,(H,13,14). The maximum Gasteiger partial charge on any atom is 0.331 e. The van der Waals surface area contributed by atoms with Crippen LogP contribution in [0.1, 0.15) is 20.3 Å². The van der Waals surface area contributed by atoms with Crippen LogP contribution in [0.2, 0.25) is 0 Å². The first kappa shape index (κ1) is 13.1. The topological polar surface area (TPSA) is 60.8 Å². The molecule has 0 aliphatic rings. The summed E-state index contributed by atoms with van der Waals surface area (Å²) in [6.07, 6.45) is 2.24. The van der Waals surface area contributed by atoms with E-state index in [2.05, 4.69) is 0 Å². The summed E-state index contributed by atoms with van der Waals surface area (Å²) in [6, 6.07) is 0. The molecule has 0 heterocycles. The molecule has 0 bridgehead atoms. The predicted octanol–water partition coefficient (Wildman–Crippen LogP) is 0.722. The molecule has 4 nitrogen and oxygen atoms in total. The van der Waals surface area contributed by atoms with Crippen molar-refractivity contribution in [2.24, 2.45) is 0 Å². The maximum absolute atomic E-state index is 10.7. The number of aliphatic hydroxyl groups excluding tert-OH is 1. The van der Waals surface area contributed by atoms with Gasteiger partial charge >= 0.3 is 5.97 Å². The Bertz CT molecular complexity index is 202. The lowest BCUT2D eigenvalue weighted by atomic mass is 10.2.